The highest BCUT2D eigenvalue weighted by atomic mass is 31.0. The average molecular weight is 360 g/mol. The molecule has 2 aliphatic carbocycles. The first-order valence-corrected chi connectivity index (χ1v) is 11.4. The largest absolute Gasteiger partial charge is 0.308 e. The van der Waals surface area contributed by atoms with Crippen molar-refractivity contribution in [2.45, 2.75) is 96.3 Å². The second-order valence-electron chi connectivity index (χ2n) is 8.63. The van der Waals surface area contributed by atoms with Crippen LogP contribution in [-0.2, 0) is 12.8 Å². The summed E-state index contributed by atoms with van der Waals surface area (Å²) in [6.45, 7) is 7.18. The molecule has 0 spiro atoms. The molecule has 2 heteroatoms. The highest BCUT2D eigenvalue weighted by Crippen LogP contribution is 2.45. The van der Waals surface area contributed by atoms with Crippen molar-refractivity contribution in [1.82, 2.24) is 5.32 Å². The highest BCUT2D eigenvalue weighted by molar-refractivity contribution is 7.17. The molecule has 0 aliphatic heterocycles. The van der Waals surface area contributed by atoms with Gasteiger partial charge in [-0.1, -0.05) is 51.3 Å². The minimum absolute atomic E-state index is 0.557. The van der Waals surface area contributed by atoms with E-state index in [0.717, 1.165) is 17.8 Å². The summed E-state index contributed by atoms with van der Waals surface area (Å²) in [5, 5.41) is 3.90. The molecule has 0 amide bonds. The lowest BCUT2D eigenvalue weighted by Gasteiger charge is -2.41. The Kier molecular flexibility index (Phi) is 6.98. The van der Waals surface area contributed by atoms with E-state index in [4.69, 9.17) is 0 Å². The lowest BCUT2D eigenvalue weighted by molar-refractivity contribution is 0.195. The molecule has 25 heavy (non-hydrogen) atoms. The first-order valence-electron chi connectivity index (χ1n) is 10.7. The lowest BCUT2D eigenvalue weighted by Crippen LogP contribution is -2.42. The number of fused-ring (bicyclic) bond motifs is 1. The molecule has 1 N–H and O–H groups in total. The predicted molar refractivity (Wildman–Crippen MR) is 113 cm³/mol. The Labute approximate surface area is 158 Å². The van der Waals surface area contributed by atoms with Crippen molar-refractivity contribution in [2.24, 2.45) is 11.8 Å². The first-order chi connectivity index (χ1) is 12.1. The van der Waals surface area contributed by atoms with Gasteiger partial charge in [-0.15, -0.1) is 9.24 Å². The molecule has 2 aliphatic rings. The number of benzene rings is 1. The summed E-state index contributed by atoms with van der Waals surface area (Å²) in [6.07, 6.45) is 12.1. The van der Waals surface area contributed by atoms with Crippen LogP contribution in [0.4, 0.5) is 0 Å². The van der Waals surface area contributed by atoms with Gasteiger partial charge in [0.05, 0.1) is 0 Å². The second kappa shape index (κ2) is 9.01. The topological polar surface area (TPSA) is 12.0 Å². The Balaban J connectivity index is 1.69. The molecule has 1 nitrogen and oxygen atoms in total. The van der Waals surface area contributed by atoms with Crippen LogP contribution in [0.2, 0.25) is 0 Å². The molecule has 1 aromatic rings. The second-order valence-corrected chi connectivity index (χ2v) is 9.35. The Bertz CT molecular complexity index is 555. The molecule has 0 bridgehead atoms. The van der Waals surface area contributed by atoms with Crippen molar-refractivity contribution in [3.8, 4) is 0 Å². The maximum absolute atomic E-state index is 3.90. The Hall–Kier alpha value is -0.390. The fraction of sp³-hybridized carbons (Fsp3) is 0.739. The summed E-state index contributed by atoms with van der Waals surface area (Å²) < 4.78 is 0. The van der Waals surface area contributed by atoms with E-state index >= 15 is 0 Å². The molecule has 1 fully saturated rings. The van der Waals surface area contributed by atoms with Crippen LogP contribution in [0, 0.1) is 11.8 Å². The third-order valence-corrected chi connectivity index (χ3v) is 7.56. The van der Waals surface area contributed by atoms with Gasteiger partial charge in [-0.05, 0) is 79.9 Å². The van der Waals surface area contributed by atoms with Gasteiger partial charge in [0, 0.05) is 11.8 Å². The van der Waals surface area contributed by atoms with E-state index in [1.807, 2.05) is 0 Å². The highest BCUT2D eigenvalue weighted by Gasteiger charge is 2.35. The minimum atomic E-state index is 0.557. The van der Waals surface area contributed by atoms with Crippen LogP contribution in [0.3, 0.4) is 0 Å². The van der Waals surface area contributed by atoms with Gasteiger partial charge in [0.25, 0.3) is 0 Å². The summed E-state index contributed by atoms with van der Waals surface area (Å²) in [6, 6.07) is 7.77. The van der Waals surface area contributed by atoms with Crippen molar-refractivity contribution in [3.05, 3.63) is 34.9 Å². The van der Waals surface area contributed by atoms with Gasteiger partial charge in [-0.3, -0.25) is 0 Å². The maximum Gasteiger partial charge on any atom is 0.0244 e. The van der Waals surface area contributed by atoms with Crippen LogP contribution in [0.25, 0.3) is 0 Å². The minimum Gasteiger partial charge on any atom is -0.308 e. The number of nitrogens with one attached hydrogen (secondary N) is 1. The zero-order valence-electron chi connectivity index (χ0n) is 16.6. The maximum atomic E-state index is 3.90. The van der Waals surface area contributed by atoms with Gasteiger partial charge in [0.1, 0.15) is 0 Å². The van der Waals surface area contributed by atoms with Gasteiger partial charge < -0.3 is 5.32 Å². The van der Waals surface area contributed by atoms with E-state index in [2.05, 4.69) is 53.5 Å². The van der Waals surface area contributed by atoms with E-state index in [-0.39, 0.29) is 0 Å². The molecule has 1 aromatic carbocycles. The van der Waals surface area contributed by atoms with Crippen LogP contribution in [0.1, 0.15) is 88.3 Å². The number of hydrogen-bond acceptors (Lipinski definition) is 1. The van der Waals surface area contributed by atoms with Crippen LogP contribution in [0.5, 0.6) is 0 Å². The van der Waals surface area contributed by atoms with Crippen LogP contribution >= 0.6 is 9.24 Å². The van der Waals surface area contributed by atoms with Crippen molar-refractivity contribution in [1.29, 1.82) is 0 Å². The average Bonchev–Trinajstić information content (AvgIpc) is 3.09. The standard InChI is InChI=1S/C23H38NP/c1-4-5-9-16(2)24-23(25)20-13-8-12-19(17(20)3)22-15-7-11-18-10-6-14-21(18)22/h7,11,15-17,19-20,23-24H,4-6,8-10,12-14,25H2,1-3H3. The first kappa shape index (κ1) is 19.4. The van der Waals surface area contributed by atoms with Gasteiger partial charge in [0.15, 0.2) is 0 Å². The third kappa shape index (κ3) is 4.48. The molecule has 6 atom stereocenters. The van der Waals surface area contributed by atoms with Gasteiger partial charge in [0.2, 0.25) is 0 Å². The Morgan fingerprint density at radius 3 is 2.84 bits per heavy atom. The molecular weight excluding hydrogens is 321 g/mol. The zero-order valence-corrected chi connectivity index (χ0v) is 17.7. The molecular formula is C23H38NP. The Morgan fingerprint density at radius 1 is 1.20 bits per heavy atom. The lowest BCUT2D eigenvalue weighted by atomic mass is 9.69. The number of rotatable bonds is 7. The van der Waals surface area contributed by atoms with Gasteiger partial charge in [-0.25, -0.2) is 0 Å². The summed E-state index contributed by atoms with van der Waals surface area (Å²) >= 11 is 0. The number of aryl methyl sites for hydroxylation is 1. The fourth-order valence-electron chi connectivity index (χ4n) is 5.39. The van der Waals surface area contributed by atoms with Crippen molar-refractivity contribution in [3.63, 3.8) is 0 Å². The smallest absolute Gasteiger partial charge is 0.0244 e. The normalized spacial score (nSPS) is 28.6. The summed E-state index contributed by atoms with van der Waals surface area (Å²) in [5.41, 5.74) is 5.05. The third-order valence-electron chi connectivity index (χ3n) is 6.87. The molecule has 1 saturated carbocycles. The van der Waals surface area contributed by atoms with Crippen molar-refractivity contribution < 1.29 is 0 Å². The molecule has 0 saturated heterocycles. The van der Waals surface area contributed by atoms with Crippen molar-refractivity contribution in [2.75, 3.05) is 0 Å². The number of hydrogen-bond donors (Lipinski definition) is 1. The van der Waals surface area contributed by atoms with Gasteiger partial charge in [-0.2, -0.15) is 0 Å². The SMILES string of the molecule is CCCCC(C)NC(P)C1CCCC(c2cccc3c2CCC3)C1C. The molecule has 140 valence electrons. The van der Waals surface area contributed by atoms with Crippen LogP contribution < -0.4 is 5.32 Å². The molecule has 0 heterocycles. The van der Waals surface area contributed by atoms with Crippen LogP contribution in [0.15, 0.2) is 18.2 Å². The fourth-order valence-corrected chi connectivity index (χ4v) is 6.26. The quantitative estimate of drug-likeness (QED) is 0.583. The van der Waals surface area contributed by atoms with E-state index in [1.165, 1.54) is 57.8 Å². The van der Waals surface area contributed by atoms with Gasteiger partial charge >= 0.3 is 0 Å². The summed E-state index contributed by atoms with van der Waals surface area (Å²) in [4.78, 5) is 0. The molecule has 6 unspecified atom stereocenters. The monoisotopic (exact) mass is 359 g/mol. The predicted octanol–water partition coefficient (Wildman–Crippen LogP) is 6.06. The van der Waals surface area contributed by atoms with Crippen LogP contribution in [-0.4, -0.2) is 11.8 Å². The molecule has 0 aromatic heterocycles. The molecule has 0 radical (unpaired) electrons. The molecule has 3 rings (SSSR count). The Morgan fingerprint density at radius 2 is 2.04 bits per heavy atom. The van der Waals surface area contributed by atoms with E-state index in [1.54, 1.807) is 16.7 Å². The van der Waals surface area contributed by atoms with E-state index < -0.39 is 0 Å². The van der Waals surface area contributed by atoms with E-state index in [9.17, 15) is 0 Å². The zero-order chi connectivity index (χ0) is 17.8. The summed E-state index contributed by atoms with van der Waals surface area (Å²) in [7, 11) is 3.15. The van der Waals surface area contributed by atoms with Crippen molar-refractivity contribution >= 4 is 9.24 Å². The summed E-state index contributed by atoms with van der Waals surface area (Å²) in [5.74, 6) is 2.88. The van der Waals surface area contributed by atoms with E-state index in [0.29, 0.717) is 11.8 Å². The number of unbranched alkanes of at least 4 members (excludes halogenated alkanes) is 1.